The second-order valence-corrected chi connectivity index (χ2v) is 8.01. The lowest BCUT2D eigenvalue weighted by Crippen LogP contribution is -2.45. The number of halogens is 3. The molecular weight excluding hydrogens is 363 g/mol. The Bertz CT molecular complexity index is 798. The summed E-state index contributed by atoms with van der Waals surface area (Å²) in [4.78, 5) is 25.7. The molecule has 0 saturated carbocycles. The molecule has 0 N–H and O–H groups in total. The molecule has 1 aliphatic rings. The van der Waals surface area contributed by atoms with Gasteiger partial charge >= 0.3 is 5.76 Å². The highest BCUT2D eigenvalue weighted by molar-refractivity contribution is 6.76. The van der Waals surface area contributed by atoms with E-state index in [1.807, 2.05) is 19.1 Å². The first-order valence-electron chi connectivity index (χ1n) is 7.25. The van der Waals surface area contributed by atoms with Gasteiger partial charge in [0.2, 0.25) is 0 Å². The summed E-state index contributed by atoms with van der Waals surface area (Å²) in [5, 5.41) is 0. The molecule has 5 nitrogen and oxygen atoms in total. The van der Waals surface area contributed by atoms with Crippen molar-refractivity contribution >= 4 is 51.8 Å². The molecule has 2 heterocycles. The van der Waals surface area contributed by atoms with Crippen LogP contribution in [0.25, 0.3) is 11.1 Å². The van der Waals surface area contributed by atoms with E-state index in [1.165, 1.54) is 4.90 Å². The highest BCUT2D eigenvalue weighted by atomic mass is 35.6. The van der Waals surface area contributed by atoms with E-state index in [-0.39, 0.29) is 11.8 Å². The molecule has 0 spiro atoms. The number of amides is 1. The molecular formula is C15H15Cl3N2O3. The molecule has 1 aromatic carbocycles. The van der Waals surface area contributed by atoms with Gasteiger partial charge in [-0.3, -0.25) is 9.36 Å². The summed E-state index contributed by atoms with van der Waals surface area (Å²) in [5.41, 5.74) is 2.40. The van der Waals surface area contributed by atoms with Gasteiger partial charge in [0, 0.05) is 19.1 Å². The molecule has 124 valence electrons. The molecule has 1 aliphatic heterocycles. The first kappa shape index (κ1) is 16.7. The van der Waals surface area contributed by atoms with Gasteiger partial charge in [0.15, 0.2) is 5.58 Å². The van der Waals surface area contributed by atoms with Gasteiger partial charge in [0.05, 0.1) is 5.52 Å². The zero-order chi connectivity index (χ0) is 16.8. The maximum atomic E-state index is 12.2. The zero-order valence-corrected chi connectivity index (χ0v) is 14.7. The Morgan fingerprint density at radius 2 is 1.91 bits per heavy atom. The van der Waals surface area contributed by atoms with Gasteiger partial charge in [-0.2, -0.15) is 0 Å². The number of carbonyl (C=O) groups is 1. The molecule has 2 aromatic rings. The molecule has 0 aliphatic carbocycles. The van der Waals surface area contributed by atoms with E-state index in [0.717, 1.165) is 11.1 Å². The zero-order valence-electron chi connectivity index (χ0n) is 12.4. The van der Waals surface area contributed by atoms with Crippen LogP contribution < -0.4 is 5.76 Å². The smallest absolute Gasteiger partial charge is 0.408 e. The highest BCUT2D eigenvalue weighted by Gasteiger charge is 2.37. The first-order valence-corrected chi connectivity index (χ1v) is 8.38. The Labute approximate surface area is 147 Å². The molecule has 1 amide bonds. The van der Waals surface area contributed by atoms with Crippen LogP contribution in [0.4, 0.5) is 0 Å². The fourth-order valence-corrected chi connectivity index (χ4v) is 3.35. The van der Waals surface area contributed by atoms with Gasteiger partial charge in [-0.1, -0.05) is 40.9 Å². The predicted octanol–water partition coefficient (Wildman–Crippen LogP) is 3.44. The number of nitrogens with zero attached hydrogens (tertiary/aromatic N) is 2. The summed E-state index contributed by atoms with van der Waals surface area (Å²) in [7, 11) is 0. The molecule has 0 atom stereocenters. The van der Waals surface area contributed by atoms with E-state index in [4.69, 9.17) is 39.2 Å². The van der Waals surface area contributed by atoms with E-state index in [9.17, 15) is 9.59 Å². The van der Waals surface area contributed by atoms with Crippen molar-refractivity contribution < 1.29 is 9.21 Å². The lowest BCUT2D eigenvalue weighted by Gasteiger charge is -2.33. The normalized spacial score (nSPS) is 17.0. The van der Waals surface area contributed by atoms with Crippen molar-refractivity contribution in [3.63, 3.8) is 0 Å². The lowest BCUT2D eigenvalue weighted by atomic mass is 10.0. The highest BCUT2D eigenvalue weighted by Crippen LogP contribution is 2.32. The van der Waals surface area contributed by atoms with Crippen LogP contribution in [0.5, 0.6) is 0 Å². The minimum atomic E-state index is -1.94. The molecule has 23 heavy (non-hydrogen) atoms. The molecule has 3 rings (SSSR count). The van der Waals surface area contributed by atoms with Gasteiger partial charge in [0.25, 0.3) is 9.70 Å². The van der Waals surface area contributed by atoms with Gasteiger partial charge < -0.3 is 9.32 Å². The summed E-state index contributed by atoms with van der Waals surface area (Å²) >= 11 is 16.9. The molecule has 0 bridgehead atoms. The van der Waals surface area contributed by atoms with E-state index < -0.39 is 9.70 Å². The Kier molecular flexibility index (Phi) is 4.38. The maximum absolute atomic E-state index is 12.2. The largest absolute Gasteiger partial charge is 0.420 e. The van der Waals surface area contributed by atoms with Crippen LogP contribution in [0, 0.1) is 6.92 Å². The number of aromatic nitrogens is 1. The minimum Gasteiger partial charge on any atom is -0.408 e. The third-order valence-corrected chi connectivity index (χ3v) is 4.61. The molecule has 1 saturated heterocycles. The number of hydrogen-bond acceptors (Lipinski definition) is 3. The monoisotopic (exact) mass is 376 g/mol. The quantitative estimate of drug-likeness (QED) is 0.715. The van der Waals surface area contributed by atoms with E-state index in [1.54, 1.807) is 10.6 Å². The summed E-state index contributed by atoms with van der Waals surface area (Å²) in [6, 6.07) is 5.59. The third-order valence-electron chi connectivity index (χ3n) is 4.13. The second-order valence-electron chi connectivity index (χ2n) is 5.73. The van der Waals surface area contributed by atoms with Gasteiger partial charge in [0.1, 0.15) is 0 Å². The van der Waals surface area contributed by atoms with Crippen LogP contribution in [0.15, 0.2) is 27.4 Å². The molecule has 0 radical (unpaired) electrons. The van der Waals surface area contributed by atoms with Gasteiger partial charge in [-0.05, 0) is 37.5 Å². The molecule has 8 heteroatoms. The van der Waals surface area contributed by atoms with Crippen LogP contribution >= 0.6 is 34.8 Å². The van der Waals surface area contributed by atoms with Gasteiger partial charge in [-0.25, -0.2) is 4.79 Å². The first-order chi connectivity index (χ1) is 10.8. The number of benzene rings is 1. The fourth-order valence-electron chi connectivity index (χ4n) is 3.00. The fraction of sp³-hybridized carbons (Fsp3) is 0.467. The SMILES string of the molecule is Cc1ccc2oc(=O)n(C3CCN(C(=O)C(Cl)(Cl)Cl)CC3)c2c1. The van der Waals surface area contributed by atoms with Crippen molar-refractivity contribution in [2.75, 3.05) is 13.1 Å². The van der Waals surface area contributed by atoms with Crippen molar-refractivity contribution in [3.8, 4) is 0 Å². The Morgan fingerprint density at radius 3 is 2.52 bits per heavy atom. The van der Waals surface area contributed by atoms with Crippen molar-refractivity contribution in [2.45, 2.75) is 29.6 Å². The van der Waals surface area contributed by atoms with Crippen molar-refractivity contribution in [3.05, 3.63) is 34.3 Å². The molecule has 1 aromatic heterocycles. The third kappa shape index (κ3) is 3.23. The van der Waals surface area contributed by atoms with E-state index in [2.05, 4.69) is 0 Å². The number of piperidine rings is 1. The number of rotatable bonds is 1. The predicted molar refractivity (Wildman–Crippen MR) is 90.4 cm³/mol. The van der Waals surface area contributed by atoms with Crippen LogP contribution in [0.1, 0.15) is 24.4 Å². The molecule has 0 unspecified atom stereocenters. The van der Waals surface area contributed by atoms with Gasteiger partial charge in [-0.15, -0.1) is 0 Å². The summed E-state index contributed by atoms with van der Waals surface area (Å²) in [5.74, 6) is -0.905. The van der Waals surface area contributed by atoms with Crippen molar-refractivity contribution in [1.29, 1.82) is 0 Å². The number of oxazole rings is 1. The number of carbonyl (C=O) groups excluding carboxylic acids is 1. The molecule has 1 fully saturated rings. The lowest BCUT2D eigenvalue weighted by molar-refractivity contribution is -0.131. The van der Waals surface area contributed by atoms with Crippen LogP contribution in [0.2, 0.25) is 0 Å². The average molecular weight is 378 g/mol. The number of likely N-dealkylation sites (tertiary alicyclic amines) is 1. The number of fused-ring (bicyclic) bond motifs is 1. The maximum Gasteiger partial charge on any atom is 0.420 e. The Hall–Kier alpha value is -1.17. The topological polar surface area (TPSA) is 55.5 Å². The van der Waals surface area contributed by atoms with Crippen LogP contribution in [-0.4, -0.2) is 32.3 Å². The van der Waals surface area contributed by atoms with E-state index >= 15 is 0 Å². The number of hydrogen-bond donors (Lipinski definition) is 0. The summed E-state index contributed by atoms with van der Waals surface area (Å²) in [6.07, 6.45) is 1.21. The number of alkyl halides is 3. The van der Waals surface area contributed by atoms with Crippen LogP contribution in [0.3, 0.4) is 0 Å². The standard InChI is InChI=1S/C15H15Cl3N2O3/c1-9-2-3-12-11(8-9)20(14(22)23-12)10-4-6-19(7-5-10)13(21)15(16,17)18/h2-3,8,10H,4-7H2,1H3. The second kappa shape index (κ2) is 6.04. The minimum absolute atomic E-state index is 0.0371. The van der Waals surface area contributed by atoms with Crippen LogP contribution in [-0.2, 0) is 4.79 Å². The summed E-state index contributed by atoms with van der Waals surface area (Å²) in [6.45, 7) is 2.83. The Morgan fingerprint density at radius 1 is 1.26 bits per heavy atom. The average Bonchev–Trinajstić information content (AvgIpc) is 2.81. The van der Waals surface area contributed by atoms with E-state index in [0.29, 0.717) is 31.5 Å². The number of aryl methyl sites for hydroxylation is 1. The van der Waals surface area contributed by atoms with Crippen molar-refractivity contribution in [1.82, 2.24) is 9.47 Å². The van der Waals surface area contributed by atoms with Crippen molar-refractivity contribution in [2.24, 2.45) is 0 Å². The Balaban J connectivity index is 1.83. The summed E-state index contributed by atoms with van der Waals surface area (Å²) < 4.78 is 5.02.